The minimum atomic E-state index is -0.591. The molecule has 1 rings (SSSR count). The largest absolute Gasteiger partial charge is 0.394 e. The van der Waals surface area contributed by atoms with Crippen molar-refractivity contribution in [2.75, 3.05) is 24.6 Å². The summed E-state index contributed by atoms with van der Waals surface area (Å²) < 4.78 is 4.91. The van der Waals surface area contributed by atoms with Gasteiger partial charge in [-0.1, -0.05) is 0 Å². The molecule has 0 fully saturated rings. The second-order valence-electron chi connectivity index (χ2n) is 2.89. The summed E-state index contributed by atoms with van der Waals surface area (Å²) >= 11 is 0. The van der Waals surface area contributed by atoms with Crippen LogP contribution in [0, 0.1) is 0 Å². The highest BCUT2D eigenvalue weighted by atomic mass is 16.5. The molecule has 6 heteroatoms. The molecule has 1 aromatic heterocycles. The zero-order valence-electron chi connectivity index (χ0n) is 8.47. The molecule has 14 heavy (non-hydrogen) atoms. The molecule has 0 radical (unpaired) electrons. The minimum Gasteiger partial charge on any atom is -0.394 e. The van der Waals surface area contributed by atoms with Crippen molar-refractivity contribution in [1.29, 1.82) is 0 Å². The molecule has 1 heterocycles. The first-order chi connectivity index (χ1) is 6.72. The third-order valence-electron chi connectivity index (χ3n) is 1.99. The molecule has 0 aromatic carbocycles. The molecular formula is C8H16N4O2. The quantitative estimate of drug-likeness (QED) is 0.690. The highest BCUT2D eigenvalue weighted by molar-refractivity contribution is 5.26. The molecule has 0 aliphatic rings. The summed E-state index contributed by atoms with van der Waals surface area (Å²) in [5.74, 6) is 0.795. The van der Waals surface area contributed by atoms with E-state index in [-0.39, 0.29) is 12.5 Å². The van der Waals surface area contributed by atoms with Gasteiger partial charge in [0.1, 0.15) is 6.04 Å². The molecule has 0 aliphatic carbocycles. The number of nitrogens with zero attached hydrogens (tertiary/aromatic N) is 3. The lowest BCUT2D eigenvalue weighted by Gasteiger charge is -2.14. The van der Waals surface area contributed by atoms with Crippen LogP contribution in [0.15, 0.2) is 4.52 Å². The fraction of sp³-hybridized carbons (Fsp3) is 0.750. The summed E-state index contributed by atoms with van der Waals surface area (Å²) in [4.78, 5) is 6.03. The monoisotopic (exact) mass is 200 g/mol. The summed E-state index contributed by atoms with van der Waals surface area (Å²) in [5, 5.41) is 12.6. The van der Waals surface area contributed by atoms with E-state index in [1.807, 2.05) is 18.7 Å². The smallest absolute Gasteiger partial charge is 0.266 e. The van der Waals surface area contributed by atoms with Gasteiger partial charge in [0, 0.05) is 13.1 Å². The highest BCUT2D eigenvalue weighted by Gasteiger charge is 2.15. The van der Waals surface area contributed by atoms with Crippen LogP contribution in [0.3, 0.4) is 0 Å². The summed E-state index contributed by atoms with van der Waals surface area (Å²) in [6, 6.07) is -0.591. The fourth-order valence-electron chi connectivity index (χ4n) is 1.09. The fourth-order valence-corrected chi connectivity index (χ4v) is 1.09. The molecule has 0 amide bonds. The van der Waals surface area contributed by atoms with E-state index in [1.54, 1.807) is 0 Å². The Balaban J connectivity index is 2.76. The van der Waals surface area contributed by atoms with Gasteiger partial charge in [0.2, 0.25) is 5.89 Å². The SMILES string of the molecule is CCN(CC)c1noc([C@@H](N)CO)n1. The topological polar surface area (TPSA) is 88.4 Å². The zero-order chi connectivity index (χ0) is 10.6. The molecule has 80 valence electrons. The van der Waals surface area contributed by atoms with Crippen molar-refractivity contribution >= 4 is 5.95 Å². The maximum atomic E-state index is 8.78. The number of hydrogen-bond acceptors (Lipinski definition) is 6. The number of hydrogen-bond donors (Lipinski definition) is 2. The Labute approximate surface area is 82.7 Å². The van der Waals surface area contributed by atoms with Gasteiger partial charge in [-0.2, -0.15) is 4.98 Å². The van der Waals surface area contributed by atoms with Crippen molar-refractivity contribution in [2.45, 2.75) is 19.9 Å². The predicted molar refractivity (Wildman–Crippen MR) is 51.9 cm³/mol. The molecule has 0 saturated heterocycles. The van der Waals surface area contributed by atoms with Gasteiger partial charge in [-0.3, -0.25) is 0 Å². The van der Waals surface area contributed by atoms with Crippen molar-refractivity contribution in [3.8, 4) is 0 Å². The van der Waals surface area contributed by atoms with Gasteiger partial charge in [0.15, 0.2) is 0 Å². The Morgan fingerprint density at radius 2 is 2.14 bits per heavy atom. The number of aliphatic hydroxyl groups excluding tert-OH is 1. The van der Waals surface area contributed by atoms with Crippen molar-refractivity contribution in [3.63, 3.8) is 0 Å². The molecular weight excluding hydrogens is 184 g/mol. The third-order valence-corrected chi connectivity index (χ3v) is 1.99. The minimum absolute atomic E-state index is 0.195. The van der Waals surface area contributed by atoms with Crippen LogP contribution in [0.1, 0.15) is 25.8 Å². The van der Waals surface area contributed by atoms with Gasteiger partial charge in [-0.15, -0.1) is 0 Å². The lowest BCUT2D eigenvalue weighted by Crippen LogP contribution is -2.23. The highest BCUT2D eigenvalue weighted by Crippen LogP contribution is 2.12. The number of nitrogens with two attached hydrogens (primary N) is 1. The summed E-state index contributed by atoms with van der Waals surface area (Å²) in [6.45, 7) is 5.44. The van der Waals surface area contributed by atoms with Crippen LogP contribution in [0.4, 0.5) is 5.95 Å². The first-order valence-electron chi connectivity index (χ1n) is 4.67. The Morgan fingerprint density at radius 3 is 2.64 bits per heavy atom. The maximum absolute atomic E-state index is 8.78. The van der Waals surface area contributed by atoms with Gasteiger partial charge in [0.25, 0.3) is 5.95 Å². The molecule has 6 nitrogen and oxygen atoms in total. The number of aromatic nitrogens is 2. The first-order valence-corrected chi connectivity index (χ1v) is 4.67. The van der Waals surface area contributed by atoms with Crippen LogP contribution in [-0.2, 0) is 0 Å². The number of anilines is 1. The standard InChI is InChI=1S/C8H16N4O2/c1-3-12(4-2)8-10-7(14-11-8)6(9)5-13/h6,13H,3-5,9H2,1-2H3/t6-/m0/s1. The van der Waals surface area contributed by atoms with Gasteiger partial charge < -0.3 is 20.3 Å². The van der Waals surface area contributed by atoms with E-state index in [9.17, 15) is 0 Å². The normalized spacial score (nSPS) is 12.9. The molecule has 1 atom stereocenters. The van der Waals surface area contributed by atoms with E-state index in [0.717, 1.165) is 13.1 Å². The van der Waals surface area contributed by atoms with Gasteiger partial charge in [-0.25, -0.2) is 0 Å². The Morgan fingerprint density at radius 1 is 1.50 bits per heavy atom. The Kier molecular flexibility index (Phi) is 3.84. The maximum Gasteiger partial charge on any atom is 0.266 e. The number of rotatable bonds is 5. The second-order valence-corrected chi connectivity index (χ2v) is 2.89. The molecule has 0 saturated carbocycles. The van der Waals surface area contributed by atoms with E-state index >= 15 is 0 Å². The van der Waals surface area contributed by atoms with Gasteiger partial charge in [-0.05, 0) is 19.0 Å². The van der Waals surface area contributed by atoms with E-state index in [4.69, 9.17) is 15.4 Å². The second kappa shape index (κ2) is 4.92. The summed E-state index contributed by atoms with van der Waals surface area (Å²) in [6.07, 6.45) is 0. The average molecular weight is 200 g/mol. The molecule has 0 bridgehead atoms. The average Bonchev–Trinajstić information content (AvgIpc) is 2.68. The molecule has 3 N–H and O–H groups in total. The zero-order valence-corrected chi connectivity index (χ0v) is 8.47. The third kappa shape index (κ3) is 2.21. The van der Waals surface area contributed by atoms with Crippen molar-refractivity contribution in [2.24, 2.45) is 5.73 Å². The van der Waals surface area contributed by atoms with Crippen molar-refractivity contribution in [1.82, 2.24) is 10.1 Å². The van der Waals surface area contributed by atoms with E-state index in [2.05, 4.69) is 10.1 Å². The van der Waals surface area contributed by atoms with E-state index in [1.165, 1.54) is 0 Å². The van der Waals surface area contributed by atoms with Crippen LogP contribution >= 0.6 is 0 Å². The summed E-state index contributed by atoms with van der Waals surface area (Å²) in [5.41, 5.74) is 5.53. The Bertz CT molecular complexity index is 272. The lowest BCUT2D eigenvalue weighted by atomic mass is 10.3. The first kappa shape index (κ1) is 10.9. The molecule has 0 spiro atoms. The lowest BCUT2D eigenvalue weighted by molar-refractivity contribution is 0.237. The van der Waals surface area contributed by atoms with Gasteiger partial charge in [0.05, 0.1) is 6.61 Å². The van der Waals surface area contributed by atoms with E-state index < -0.39 is 6.04 Å². The number of aliphatic hydroxyl groups is 1. The van der Waals surface area contributed by atoms with Crippen molar-refractivity contribution < 1.29 is 9.63 Å². The predicted octanol–water partition coefficient (Wildman–Crippen LogP) is -0.0921. The van der Waals surface area contributed by atoms with Crippen LogP contribution in [0.5, 0.6) is 0 Å². The van der Waals surface area contributed by atoms with Crippen LogP contribution < -0.4 is 10.6 Å². The molecule has 0 aliphatic heterocycles. The van der Waals surface area contributed by atoms with Crippen LogP contribution in [0.2, 0.25) is 0 Å². The Hall–Kier alpha value is -1.14. The van der Waals surface area contributed by atoms with Crippen LogP contribution in [-0.4, -0.2) is 34.9 Å². The summed E-state index contributed by atoms with van der Waals surface area (Å²) in [7, 11) is 0. The van der Waals surface area contributed by atoms with Crippen molar-refractivity contribution in [3.05, 3.63) is 5.89 Å². The molecule has 0 unspecified atom stereocenters. The molecule has 1 aromatic rings. The van der Waals surface area contributed by atoms with Crippen LogP contribution in [0.25, 0.3) is 0 Å². The van der Waals surface area contributed by atoms with E-state index in [0.29, 0.717) is 5.95 Å². The van der Waals surface area contributed by atoms with Gasteiger partial charge >= 0.3 is 0 Å².